The van der Waals surface area contributed by atoms with Crippen LogP contribution in [0.4, 0.5) is 0 Å². The number of amides is 1. The minimum atomic E-state index is -0.407. The molecule has 1 unspecified atom stereocenters. The number of rotatable bonds is 6. The third kappa shape index (κ3) is 4.77. The van der Waals surface area contributed by atoms with Gasteiger partial charge in [0.2, 0.25) is 5.91 Å². The molecule has 176 valence electrons. The normalized spacial score (nSPS) is 12.9. The van der Waals surface area contributed by atoms with E-state index in [1.807, 2.05) is 12.1 Å². The van der Waals surface area contributed by atoms with Gasteiger partial charge in [-0.3, -0.25) is 9.48 Å². The highest BCUT2D eigenvalue weighted by molar-refractivity contribution is 5.92. The molecular weight excluding hydrogens is 418 g/mol. The van der Waals surface area contributed by atoms with Crippen LogP contribution in [0.3, 0.4) is 0 Å². The number of primary amides is 1. The summed E-state index contributed by atoms with van der Waals surface area (Å²) in [4.78, 5) is 11.5. The molecule has 1 aromatic heterocycles. The van der Waals surface area contributed by atoms with Gasteiger partial charge in [-0.05, 0) is 70.7 Å². The van der Waals surface area contributed by atoms with Crippen molar-refractivity contribution in [2.75, 3.05) is 0 Å². The third-order valence-corrected chi connectivity index (χ3v) is 6.63. The van der Waals surface area contributed by atoms with Crippen LogP contribution in [0.15, 0.2) is 66.9 Å². The SMILES string of the molecule is Cc1c(-c2ccc(C(C)(C)C)cc2)ccc2nn(C(CC(C)C)c3ccc(C(N)=O)cc3)cc12. The maximum Gasteiger partial charge on any atom is 0.248 e. The molecule has 4 aromatic rings. The number of hydrogen-bond donors (Lipinski definition) is 1. The molecule has 34 heavy (non-hydrogen) atoms. The molecule has 0 bridgehead atoms. The van der Waals surface area contributed by atoms with Gasteiger partial charge in [-0.1, -0.05) is 77.1 Å². The molecule has 0 saturated carbocycles. The van der Waals surface area contributed by atoms with E-state index in [2.05, 4.69) is 88.8 Å². The Morgan fingerprint density at radius 2 is 1.62 bits per heavy atom. The van der Waals surface area contributed by atoms with Gasteiger partial charge in [-0.15, -0.1) is 0 Å². The summed E-state index contributed by atoms with van der Waals surface area (Å²) in [5, 5.41) is 6.13. The number of fused-ring (bicyclic) bond motifs is 1. The lowest BCUT2D eigenvalue weighted by molar-refractivity contribution is 0.1000. The first kappa shape index (κ1) is 23.7. The number of carbonyl (C=O) groups excluding carboxylic acids is 1. The van der Waals surface area contributed by atoms with E-state index in [4.69, 9.17) is 10.8 Å². The van der Waals surface area contributed by atoms with Crippen molar-refractivity contribution in [1.29, 1.82) is 0 Å². The zero-order chi connectivity index (χ0) is 24.6. The Morgan fingerprint density at radius 1 is 0.971 bits per heavy atom. The van der Waals surface area contributed by atoms with Crippen molar-refractivity contribution < 1.29 is 4.79 Å². The van der Waals surface area contributed by atoms with Gasteiger partial charge in [0.05, 0.1) is 11.6 Å². The van der Waals surface area contributed by atoms with Crippen LogP contribution in [0.5, 0.6) is 0 Å². The average molecular weight is 454 g/mol. The topological polar surface area (TPSA) is 60.9 Å². The Labute approximate surface area is 202 Å². The summed E-state index contributed by atoms with van der Waals surface area (Å²) in [5.74, 6) is 0.0848. The fourth-order valence-electron chi connectivity index (χ4n) is 4.58. The van der Waals surface area contributed by atoms with Gasteiger partial charge in [-0.25, -0.2) is 0 Å². The van der Waals surface area contributed by atoms with Gasteiger partial charge in [-0.2, -0.15) is 5.10 Å². The van der Waals surface area contributed by atoms with E-state index in [0.29, 0.717) is 11.5 Å². The van der Waals surface area contributed by atoms with E-state index in [-0.39, 0.29) is 11.5 Å². The van der Waals surface area contributed by atoms with E-state index in [1.54, 1.807) is 12.1 Å². The van der Waals surface area contributed by atoms with Gasteiger partial charge in [0, 0.05) is 17.1 Å². The van der Waals surface area contributed by atoms with Crippen LogP contribution in [0.1, 0.15) is 74.1 Å². The number of benzene rings is 3. The molecule has 0 saturated heterocycles. The van der Waals surface area contributed by atoms with Gasteiger partial charge in [0.25, 0.3) is 0 Å². The molecule has 2 N–H and O–H groups in total. The minimum absolute atomic E-state index is 0.0863. The maximum atomic E-state index is 11.5. The van der Waals surface area contributed by atoms with Crippen molar-refractivity contribution in [2.45, 2.75) is 59.4 Å². The number of aryl methyl sites for hydroxylation is 1. The molecule has 0 radical (unpaired) electrons. The summed E-state index contributed by atoms with van der Waals surface area (Å²) in [7, 11) is 0. The fraction of sp³-hybridized carbons (Fsp3) is 0.333. The van der Waals surface area contributed by atoms with E-state index in [1.165, 1.54) is 27.6 Å². The number of nitrogens with two attached hydrogens (primary N) is 1. The Morgan fingerprint density at radius 3 is 2.18 bits per heavy atom. The zero-order valence-corrected chi connectivity index (χ0v) is 21.1. The van der Waals surface area contributed by atoms with Crippen molar-refractivity contribution in [2.24, 2.45) is 11.7 Å². The maximum absolute atomic E-state index is 11.5. The Hall–Kier alpha value is -3.40. The van der Waals surface area contributed by atoms with Crippen LogP contribution in [-0.2, 0) is 5.41 Å². The largest absolute Gasteiger partial charge is 0.366 e. The molecule has 3 aromatic carbocycles. The lowest BCUT2D eigenvalue weighted by Gasteiger charge is -2.20. The lowest BCUT2D eigenvalue weighted by Crippen LogP contribution is -2.15. The molecule has 4 heteroatoms. The van der Waals surface area contributed by atoms with Crippen molar-refractivity contribution in [1.82, 2.24) is 9.78 Å². The number of nitrogens with zero attached hydrogens (tertiary/aromatic N) is 2. The van der Waals surface area contributed by atoms with E-state index in [9.17, 15) is 4.79 Å². The minimum Gasteiger partial charge on any atom is -0.366 e. The Bertz CT molecular complexity index is 1310. The smallest absolute Gasteiger partial charge is 0.248 e. The molecule has 1 heterocycles. The Balaban J connectivity index is 1.74. The quantitative estimate of drug-likeness (QED) is 0.340. The van der Waals surface area contributed by atoms with Crippen molar-refractivity contribution in [3.05, 3.63) is 89.1 Å². The molecule has 0 fully saturated rings. The summed E-state index contributed by atoms with van der Waals surface area (Å²) < 4.78 is 2.09. The summed E-state index contributed by atoms with van der Waals surface area (Å²) >= 11 is 0. The Kier molecular flexibility index (Phi) is 6.35. The monoisotopic (exact) mass is 453 g/mol. The van der Waals surface area contributed by atoms with Gasteiger partial charge < -0.3 is 5.73 Å². The molecule has 4 nitrogen and oxygen atoms in total. The highest BCUT2D eigenvalue weighted by Gasteiger charge is 2.19. The van der Waals surface area contributed by atoms with Crippen LogP contribution < -0.4 is 5.73 Å². The average Bonchev–Trinajstić information content (AvgIpc) is 3.22. The molecule has 0 spiro atoms. The van der Waals surface area contributed by atoms with Crippen LogP contribution in [0, 0.1) is 12.8 Å². The summed E-state index contributed by atoms with van der Waals surface area (Å²) in [6.07, 6.45) is 3.12. The van der Waals surface area contributed by atoms with E-state index < -0.39 is 5.91 Å². The van der Waals surface area contributed by atoms with Crippen molar-refractivity contribution >= 4 is 16.8 Å². The summed E-state index contributed by atoms with van der Waals surface area (Å²) in [6.45, 7) is 13.3. The summed E-state index contributed by atoms with van der Waals surface area (Å²) in [5.41, 5.74) is 13.2. The molecule has 0 aliphatic heterocycles. The first-order valence-corrected chi connectivity index (χ1v) is 12.0. The van der Waals surface area contributed by atoms with E-state index in [0.717, 1.165) is 17.5 Å². The van der Waals surface area contributed by atoms with Gasteiger partial charge in [0.15, 0.2) is 0 Å². The zero-order valence-electron chi connectivity index (χ0n) is 21.1. The summed E-state index contributed by atoms with van der Waals surface area (Å²) in [6, 6.07) is 20.9. The fourth-order valence-corrected chi connectivity index (χ4v) is 4.58. The number of carbonyl (C=O) groups is 1. The highest BCUT2D eigenvalue weighted by Crippen LogP contribution is 2.33. The van der Waals surface area contributed by atoms with E-state index >= 15 is 0 Å². The van der Waals surface area contributed by atoms with Crippen LogP contribution in [0.2, 0.25) is 0 Å². The predicted molar refractivity (Wildman–Crippen MR) is 141 cm³/mol. The standard InChI is InChI=1S/C30H35N3O/c1-19(2)17-28(22-7-9-23(10-8-22)29(31)34)33-18-26-20(3)25(15-16-27(26)32-33)21-11-13-24(14-12-21)30(4,5)6/h7-16,18-19,28H,17H2,1-6H3,(H2,31,34). The molecular formula is C30H35N3O. The number of aromatic nitrogens is 2. The van der Waals surface area contributed by atoms with Crippen LogP contribution in [0.25, 0.3) is 22.0 Å². The molecule has 1 atom stereocenters. The number of hydrogen-bond acceptors (Lipinski definition) is 2. The lowest BCUT2D eigenvalue weighted by atomic mass is 9.86. The van der Waals surface area contributed by atoms with Gasteiger partial charge in [0.1, 0.15) is 0 Å². The van der Waals surface area contributed by atoms with Crippen LogP contribution in [-0.4, -0.2) is 15.7 Å². The van der Waals surface area contributed by atoms with Crippen molar-refractivity contribution in [3.8, 4) is 11.1 Å². The van der Waals surface area contributed by atoms with Crippen molar-refractivity contribution in [3.63, 3.8) is 0 Å². The second kappa shape index (κ2) is 9.09. The molecule has 0 aliphatic rings. The molecule has 1 amide bonds. The first-order valence-electron chi connectivity index (χ1n) is 12.0. The third-order valence-electron chi connectivity index (χ3n) is 6.63. The van der Waals surface area contributed by atoms with Gasteiger partial charge >= 0.3 is 0 Å². The second-order valence-electron chi connectivity index (χ2n) is 10.7. The van der Waals surface area contributed by atoms with Crippen LogP contribution >= 0.6 is 0 Å². The molecule has 4 rings (SSSR count). The first-order chi connectivity index (χ1) is 16.0. The second-order valence-corrected chi connectivity index (χ2v) is 10.7. The molecule has 0 aliphatic carbocycles. The predicted octanol–water partition coefficient (Wildman–Crippen LogP) is 7.04. The highest BCUT2D eigenvalue weighted by atomic mass is 16.1.